The second-order valence-corrected chi connectivity index (χ2v) is 8.45. The minimum Gasteiger partial charge on any atom is -0.494 e. The third kappa shape index (κ3) is 4.80. The molecule has 0 aliphatic rings. The van der Waals surface area contributed by atoms with Gasteiger partial charge in [0.25, 0.3) is 15.9 Å². The summed E-state index contributed by atoms with van der Waals surface area (Å²) in [5.74, 6) is 0.147. The van der Waals surface area contributed by atoms with Gasteiger partial charge in [0, 0.05) is 22.8 Å². The molecule has 0 unspecified atom stereocenters. The lowest BCUT2D eigenvalue weighted by molar-refractivity contribution is 0.102. The summed E-state index contributed by atoms with van der Waals surface area (Å²) in [6.45, 7) is 2.37. The van der Waals surface area contributed by atoms with E-state index in [2.05, 4.69) is 15.0 Å². The molecule has 3 rings (SSSR count). The number of anilines is 2. The Kier molecular flexibility index (Phi) is 6.18. The fraction of sp³-hybridized carbons (Fsp3) is 0.111. The van der Waals surface area contributed by atoms with Crippen molar-refractivity contribution in [3.63, 3.8) is 0 Å². The van der Waals surface area contributed by atoms with E-state index in [1.165, 1.54) is 29.5 Å². The molecular weight excluding hydrogens is 422 g/mol. The van der Waals surface area contributed by atoms with Gasteiger partial charge in [0.05, 0.1) is 11.6 Å². The number of hydrogen-bond acceptors (Lipinski definition) is 6. The van der Waals surface area contributed by atoms with Gasteiger partial charge in [-0.15, -0.1) is 11.3 Å². The second-order valence-electron chi connectivity index (χ2n) is 5.50. The molecule has 7 nitrogen and oxygen atoms in total. The lowest BCUT2D eigenvalue weighted by atomic mass is 10.2. The zero-order valence-corrected chi connectivity index (χ0v) is 17.1. The van der Waals surface area contributed by atoms with Crippen LogP contribution in [0.25, 0.3) is 0 Å². The van der Waals surface area contributed by atoms with Crippen LogP contribution >= 0.6 is 22.9 Å². The molecule has 0 atom stereocenters. The van der Waals surface area contributed by atoms with Gasteiger partial charge in [-0.05, 0) is 49.4 Å². The summed E-state index contributed by atoms with van der Waals surface area (Å²) in [6, 6.07) is 10.5. The highest BCUT2D eigenvalue weighted by Crippen LogP contribution is 2.26. The number of rotatable bonds is 7. The van der Waals surface area contributed by atoms with Crippen molar-refractivity contribution in [1.82, 2.24) is 4.98 Å². The Hall–Kier alpha value is -2.62. The molecule has 28 heavy (non-hydrogen) atoms. The van der Waals surface area contributed by atoms with Crippen molar-refractivity contribution in [3.05, 3.63) is 64.6 Å². The summed E-state index contributed by atoms with van der Waals surface area (Å²) in [5.41, 5.74) is 0.490. The molecule has 0 aliphatic carbocycles. The smallest absolute Gasteiger partial charge is 0.263 e. The Labute approximate surface area is 171 Å². The van der Waals surface area contributed by atoms with Gasteiger partial charge in [0.1, 0.15) is 10.6 Å². The van der Waals surface area contributed by atoms with Crippen molar-refractivity contribution in [2.75, 3.05) is 16.6 Å². The monoisotopic (exact) mass is 437 g/mol. The molecule has 0 aliphatic heterocycles. The summed E-state index contributed by atoms with van der Waals surface area (Å²) in [7, 11) is -4.00. The van der Waals surface area contributed by atoms with Gasteiger partial charge in [-0.3, -0.25) is 14.8 Å². The Morgan fingerprint density at radius 2 is 1.96 bits per heavy atom. The van der Waals surface area contributed by atoms with E-state index in [9.17, 15) is 13.2 Å². The van der Waals surface area contributed by atoms with E-state index in [1.54, 1.807) is 35.8 Å². The van der Waals surface area contributed by atoms with Crippen molar-refractivity contribution < 1.29 is 17.9 Å². The van der Waals surface area contributed by atoms with Crippen LogP contribution in [0.4, 0.5) is 10.8 Å². The van der Waals surface area contributed by atoms with Crippen LogP contribution in [0.5, 0.6) is 5.75 Å². The minimum atomic E-state index is -4.00. The van der Waals surface area contributed by atoms with Crippen LogP contribution in [0.3, 0.4) is 0 Å². The topological polar surface area (TPSA) is 97.4 Å². The van der Waals surface area contributed by atoms with Crippen molar-refractivity contribution in [2.45, 2.75) is 11.8 Å². The highest BCUT2D eigenvalue weighted by Gasteiger charge is 2.21. The summed E-state index contributed by atoms with van der Waals surface area (Å²) < 4.78 is 33.3. The van der Waals surface area contributed by atoms with Crippen LogP contribution < -0.4 is 14.8 Å². The largest absolute Gasteiger partial charge is 0.494 e. The van der Waals surface area contributed by atoms with E-state index in [4.69, 9.17) is 16.3 Å². The van der Waals surface area contributed by atoms with E-state index >= 15 is 0 Å². The van der Waals surface area contributed by atoms with Crippen molar-refractivity contribution in [2.24, 2.45) is 0 Å². The van der Waals surface area contributed by atoms with Gasteiger partial charge in [0.2, 0.25) is 0 Å². The predicted octanol–water partition coefficient (Wildman–Crippen LogP) is 4.25. The van der Waals surface area contributed by atoms with E-state index in [0.29, 0.717) is 23.2 Å². The van der Waals surface area contributed by atoms with E-state index < -0.39 is 15.9 Å². The molecule has 2 aromatic carbocycles. The Balaban J connectivity index is 1.83. The number of nitrogens with zero attached hydrogens (tertiary/aromatic N) is 1. The molecule has 0 saturated carbocycles. The zero-order chi connectivity index (χ0) is 20.1. The molecule has 1 heterocycles. The molecule has 1 aromatic heterocycles. The average molecular weight is 438 g/mol. The number of amides is 1. The summed E-state index contributed by atoms with van der Waals surface area (Å²) in [6.07, 6.45) is 1.55. The van der Waals surface area contributed by atoms with Crippen LogP contribution in [-0.2, 0) is 10.0 Å². The first kappa shape index (κ1) is 20.1. The first-order chi connectivity index (χ1) is 13.4. The van der Waals surface area contributed by atoms with E-state index in [1.807, 2.05) is 6.92 Å². The summed E-state index contributed by atoms with van der Waals surface area (Å²) >= 11 is 7.33. The number of halogens is 1. The quantitative estimate of drug-likeness (QED) is 0.575. The fourth-order valence-corrected chi connectivity index (χ4v) is 4.41. The maximum absolute atomic E-state index is 12.8. The normalized spacial score (nSPS) is 11.1. The van der Waals surface area contributed by atoms with Gasteiger partial charge in [0.15, 0.2) is 5.13 Å². The van der Waals surface area contributed by atoms with E-state index in [-0.39, 0.29) is 15.5 Å². The maximum atomic E-state index is 12.8. The molecule has 3 aromatic rings. The third-order valence-corrected chi connectivity index (χ3v) is 6.10. The number of aromatic nitrogens is 1. The van der Waals surface area contributed by atoms with Gasteiger partial charge in [-0.1, -0.05) is 11.6 Å². The Bertz CT molecular complexity index is 1070. The van der Waals surface area contributed by atoms with Crippen molar-refractivity contribution >= 4 is 49.7 Å². The molecule has 0 spiro atoms. The van der Waals surface area contributed by atoms with Crippen LogP contribution in [0.2, 0.25) is 5.02 Å². The van der Waals surface area contributed by atoms with Crippen LogP contribution in [0.15, 0.2) is 58.9 Å². The van der Waals surface area contributed by atoms with Crippen LogP contribution in [0.1, 0.15) is 17.3 Å². The zero-order valence-electron chi connectivity index (χ0n) is 14.7. The first-order valence-corrected chi connectivity index (χ1v) is 10.9. The molecule has 0 saturated heterocycles. The minimum absolute atomic E-state index is 0.00392. The highest BCUT2D eigenvalue weighted by atomic mass is 35.5. The fourth-order valence-electron chi connectivity index (χ4n) is 2.30. The van der Waals surface area contributed by atoms with Crippen molar-refractivity contribution in [1.29, 1.82) is 0 Å². The van der Waals surface area contributed by atoms with Crippen LogP contribution in [0, 0.1) is 0 Å². The number of benzene rings is 2. The number of thiazole rings is 1. The highest BCUT2D eigenvalue weighted by molar-refractivity contribution is 7.92. The SMILES string of the molecule is CCOc1ccc(NS(=O)(=O)c2cc(C(=O)Nc3nccs3)ccc2Cl)cc1. The number of hydrogen-bond donors (Lipinski definition) is 2. The summed E-state index contributed by atoms with van der Waals surface area (Å²) in [5, 5.41) is 4.73. The van der Waals surface area contributed by atoms with Gasteiger partial charge in [-0.2, -0.15) is 0 Å². The first-order valence-electron chi connectivity index (χ1n) is 8.15. The van der Waals surface area contributed by atoms with Crippen LogP contribution in [-0.4, -0.2) is 25.9 Å². The number of carbonyl (C=O) groups excluding carboxylic acids is 1. The Morgan fingerprint density at radius 1 is 1.21 bits per heavy atom. The average Bonchev–Trinajstić information content (AvgIpc) is 3.16. The number of ether oxygens (including phenoxy) is 1. The Morgan fingerprint density at radius 3 is 2.61 bits per heavy atom. The predicted molar refractivity (Wildman–Crippen MR) is 110 cm³/mol. The molecular formula is C18H16ClN3O4S2. The molecule has 0 bridgehead atoms. The molecule has 1 amide bonds. The lowest BCUT2D eigenvalue weighted by Gasteiger charge is -2.11. The van der Waals surface area contributed by atoms with E-state index in [0.717, 1.165) is 0 Å². The molecule has 0 radical (unpaired) electrons. The van der Waals surface area contributed by atoms with Gasteiger partial charge < -0.3 is 4.74 Å². The third-order valence-electron chi connectivity index (χ3n) is 3.55. The maximum Gasteiger partial charge on any atom is 0.263 e. The van der Waals surface area contributed by atoms with Gasteiger partial charge >= 0.3 is 0 Å². The molecule has 10 heteroatoms. The number of nitrogens with one attached hydrogen (secondary N) is 2. The molecule has 2 N–H and O–H groups in total. The van der Waals surface area contributed by atoms with Gasteiger partial charge in [-0.25, -0.2) is 13.4 Å². The second kappa shape index (κ2) is 8.59. The summed E-state index contributed by atoms with van der Waals surface area (Å²) in [4.78, 5) is 16.1. The molecule has 146 valence electrons. The lowest BCUT2D eigenvalue weighted by Crippen LogP contribution is -2.16. The standard InChI is InChI=1S/C18H16ClN3O4S2/c1-2-26-14-6-4-13(5-7-14)22-28(24,25)16-11-12(3-8-15(16)19)17(23)21-18-20-9-10-27-18/h3-11,22H,2H2,1H3,(H,20,21,23). The number of carbonyl (C=O) groups is 1. The van der Waals surface area contributed by atoms with Crippen molar-refractivity contribution in [3.8, 4) is 5.75 Å². The molecule has 0 fully saturated rings. The number of sulfonamides is 1.